The summed E-state index contributed by atoms with van der Waals surface area (Å²) in [5.74, 6) is -1.21. The summed E-state index contributed by atoms with van der Waals surface area (Å²) >= 11 is 1.38. The monoisotopic (exact) mass is 407 g/mol. The van der Waals surface area contributed by atoms with Gasteiger partial charge in [-0.25, -0.2) is 9.29 Å². The lowest BCUT2D eigenvalue weighted by Crippen LogP contribution is -2.32. The van der Waals surface area contributed by atoms with Crippen LogP contribution in [-0.2, 0) is 9.59 Å². The molecule has 146 valence electrons. The molecular weight excluding hydrogens is 389 g/mol. The molecule has 4 rings (SSSR count). The van der Waals surface area contributed by atoms with Crippen LogP contribution in [0.3, 0.4) is 0 Å². The maximum atomic E-state index is 13.2. The number of hydrogen-bond acceptors (Lipinski definition) is 5. The molecule has 2 aromatic carbocycles. The molecule has 1 aliphatic heterocycles. The Balaban J connectivity index is 1.74. The van der Waals surface area contributed by atoms with Crippen LogP contribution in [0.15, 0.2) is 71.7 Å². The van der Waals surface area contributed by atoms with E-state index in [1.807, 2.05) is 42.6 Å². The number of nitrogens with zero attached hydrogens (tertiary/aromatic N) is 2. The fraction of sp³-hybridized carbons (Fsp3) is 0.0909. The van der Waals surface area contributed by atoms with E-state index in [1.165, 1.54) is 40.5 Å². The smallest absolute Gasteiger partial charge is 0.282 e. The van der Waals surface area contributed by atoms with Gasteiger partial charge in [0.1, 0.15) is 11.5 Å². The first-order valence-corrected chi connectivity index (χ1v) is 9.80. The van der Waals surface area contributed by atoms with Gasteiger partial charge in [0.2, 0.25) is 0 Å². The van der Waals surface area contributed by atoms with Crippen LogP contribution in [0.2, 0.25) is 0 Å². The number of nitrogens with one attached hydrogen (secondary N) is 1. The third-order valence-corrected chi connectivity index (χ3v) is 5.48. The fourth-order valence-corrected chi connectivity index (χ4v) is 3.88. The van der Waals surface area contributed by atoms with E-state index in [4.69, 9.17) is 0 Å². The second-order valence-electron chi connectivity index (χ2n) is 6.72. The number of carbonyl (C=O) groups is 2. The summed E-state index contributed by atoms with van der Waals surface area (Å²) in [6.45, 7) is 0. The Morgan fingerprint density at radius 1 is 0.931 bits per heavy atom. The summed E-state index contributed by atoms with van der Waals surface area (Å²) < 4.78 is 13.2. The van der Waals surface area contributed by atoms with Crippen LogP contribution in [0.25, 0.3) is 5.57 Å². The SMILES string of the molecule is CN(C)c1ccc(N2C(=O)C(Nc3ccc(F)cc3)=C(c3cccs3)C2=O)cc1. The summed E-state index contributed by atoms with van der Waals surface area (Å²) in [6.07, 6.45) is 0. The van der Waals surface area contributed by atoms with Crippen molar-refractivity contribution >= 4 is 45.8 Å². The minimum atomic E-state index is -0.444. The van der Waals surface area contributed by atoms with Gasteiger partial charge in [-0.2, -0.15) is 0 Å². The number of benzene rings is 2. The molecule has 2 heterocycles. The molecule has 0 unspecified atom stereocenters. The average Bonchev–Trinajstić information content (AvgIpc) is 3.31. The van der Waals surface area contributed by atoms with Crippen LogP contribution in [0, 0.1) is 5.82 Å². The summed E-state index contributed by atoms with van der Waals surface area (Å²) in [6, 6.07) is 16.5. The van der Waals surface area contributed by atoms with Gasteiger partial charge in [-0.15, -0.1) is 11.3 Å². The maximum absolute atomic E-state index is 13.2. The number of halogens is 1. The predicted octanol–water partition coefficient (Wildman–Crippen LogP) is 4.35. The van der Waals surface area contributed by atoms with Crippen molar-refractivity contribution in [3.8, 4) is 0 Å². The van der Waals surface area contributed by atoms with Gasteiger partial charge in [-0.3, -0.25) is 9.59 Å². The Hall–Kier alpha value is -3.45. The second kappa shape index (κ2) is 7.52. The molecule has 29 heavy (non-hydrogen) atoms. The highest BCUT2D eigenvalue weighted by Crippen LogP contribution is 2.35. The van der Waals surface area contributed by atoms with Crippen molar-refractivity contribution in [1.82, 2.24) is 0 Å². The molecule has 1 aromatic heterocycles. The average molecular weight is 407 g/mol. The van der Waals surface area contributed by atoms with Gasteiger partial charge in [-0.05, 0) is 60.0 Å². The predicted molar refractivity (Wildman–Crippen MR) is 115 cm³/mol. The van der Waals surface area contributed by atoms with Gasteiger partial charge in [0.15, 0.2) is 0 Å². The summed E-state index contributed by atoms with van der Waals surface area (Å²) in [7, 11) is 3.84. The van der Waals surface area contributed by atoms with Gasteiger partial charge in [0.05, 0.1) is 11.3 Å². The van der Waals surface area contributed by atoms with E-state index in [9.17, 15) is 14.0 Å². The van der Waals surface area contributed by atoms with Crippen LogP contribution >= 0.6 is 11.3 Å². The molecule has 0 bridgehead atoms. The number of thiophene rings is 1. The zero-order valence-corrected chi connectivity index (χ0v) is 16.7. The summed E-state index contributed by atoms with van der Waals surface area (Å²) in [5.41, 5.74) is 2.48. The molecule has 1 aliphatic rings. The molecule has 0 fully saturated rings. The number of anilines is 3. The van der Waals surface area contributed by atoms with Crippen LogP contribution in [0.4, 0.5) is 21.5 Å². The van der Waals surface area contributed by atoms with Crippen molar-refractivity contribution < 1.29 is 14.0 Å². The number of rotatable bonds is 5. The van der Waals surface area contributed by atoms with E-state index in [-0.39, 0.29) is 17.4 Å². The highest BCUT2D eigenvalue weighted by molar-refractivity contribution is 7.11. The van der Waals surface area contributed by atoms with Crippen molar-refractivity contribution in [2.75, 3.05) is 29.2 Å². The lowest BCUT2D eigenvalue weighted by molar-refractivity contribution is -0.120. The highest BCUT2D eigenvalue weighted by Gasteiger charge is 2.40. The van der Waals surface area contributed by atoms with Crippen molar-refractivity contribution in [2.24, 2.45) is 0 Å². The van der Waals surface area contributed by atoms with Crippen molar-refractivity contribution in [1.29, 1.82) is 0 Å². The number of imide groups is 1. The molecule has 3 aromatic rings. The molecule has 0 saturated carbocycles. The van der Waals surface area contributed by atoms with E-state index in [0.29, 0.717) is 21.8 Å². The Morgan fingerprint density at radius 2 is 1.62 bits per heavy atom. The van der Waals surface area contributed by atoms with Gasteiger partial charge in [-0.1, -0.05) is 6.07 Å². The van der Waals surface area contributed by atoms with E-state index in [0.717, 1.165) is 5.69 Å². The number of hydrogen-bond donors (Lipinski definition) is 1. The van der Waals surface area contributed by atoms with Crippen LogP contribution in [0.1, 0.15) is 4.88 Å². The lowest BCUT2D eigenvalue weighted by Gasteiger charge is -2.18. The van der Waals surface area contributed by atoms with Crippen molar-refractivity contribution in [3.05, 3.63) is 82.4 Å². The first-order chi connectivity index (χ1) is 14.0. The molecule has 1 N–H and O–H groups in total. The van der Waals surface area contributed by atoms with Crippen LogP contribution in [0.5, 0.6) is 0 Å². The van der Waals surface area contributed by atoms with Gasteiger partial charge in [0.25, 0.3) is 11.8 Å². The molecule has 0 radical (unpaired) electrons. The quantitative estimate of drug-likeness (QED) is 0.639. The first kappa shape index (κ1) is 18.9. The van der Waals surface area contributed by atoms with E-state index in [2.05, 4.69) is 5.32 Å². The molecular formula is C22H18FN3O2S. The van der Waals surface area contributed by atoms with Gasteiger partial charge < -0.3 is 10.2 Å². The Labute approximate surface area is 171 Å². The fourth-order valence-electron chi connectivity index (χ4n) is 3.11. The molecule has 2 amide bonds. The second-order valence-corrected chi connectivity index (χ2v) is 7.66. The highest BCUT2D eigenvalue weighted by atomic mass is 32.1. The van der Waals surface area contributed by atoms with E-state index >= 15 is 0 Å². The van der Waals surface area contributed by atoms with Crippen LogP contribution in [-0.4, -0.2) is 25.9 Å². The minimum Gasteiger partial charge on any atom is -0.378 e. The lowest BCUT2D eigenvalue weighted by atomic mass is 10.2. The third-order valence-electron chi connectivity index (χ3n) is 4.59. The standard InChI is InChI=1S/C22H18FN3O2S/c1-25(2)16-9-11-17(12-10-16)26-21(27)19(18-4-3-13-29-18)20(22(26)28)24-15-7-5-14(23)6-8-15/h3-13,24H,1-2H3. The largest absolute Gasteiger partial charge is 0.378 e. The Morgan fingerprint density at radius 3 is 2.21 bits per heavy atom. The number of carbonyl (C=O) groups excluding carboxylic acids is 2. The minimum absolute atomic E-state index is 0.181. The van der Waals surface area contributed by atoms with Gasteiger partial charge >= 0.3 is 0 Å². The molecule has 0 saturated heterocycles. The maximum Gasteiger partial charge on any atom is 0.282 e. The zero-order valence-electron chi connectivity index (χ0n) is 15.8. The molecule has 0 aliphatic carbocycles. The first-order valence-electron chi connectivity index (χ1n) is 8.92. The molecule has 7 heteroatoms. The topological polar surface area (TPSA) is 52.6 Å². The molecule has 0 atom stereocenters. The van der Waals surface area contributed by atoms with E-state index in [1.54, 1.807) is 18.2 Å². The van der Waals surface area contributed by atoms with Crippen LogP contribution < -0.4 is 15.1 Å². The summed E-state index contributed by atoms with van der Waals surface area (Å²) in [4.78, 5) is 30.2. The Bertz CT molecular complexity index is 1090. The molecule has 0 spiro atoms. The van der Waals surface area contributed by atoms with Crippen molar-refractivity contribution in [3.63, 3.8) is 0 Å². The van der Waals surface area contributed by atoms with E-state index < -0.39 is 5.91 Å². The zero-order chi connectivity index (χ0) is 20.5. The number of amides is 2. The van der Waals surface area contributed by atoms with Crippen molar-refractivity contribution in [2.45, 2.75) is 0 Å². The van der Waals surface area contributed by atoms with Gasteiger partial charge in [0, 0.05) is 30.3 Å². The third kappa shape index (κ3) is 3.52. The summed E-state index contributed by atoms with van der Waals surface area (Å²) in [5, 5.41) is 4.87. The normalized spacial score (nSPS) is 14.0. The molecule has 5 nitrogen and oxygen atoms in total. The Kier molecular flexibility index (Phi) is 4.90.